The van der Waals surface area contributed by atoms with Crippen molar-refractivity contribution in [2.45, 2.75) is 59.0 Å². The number of ether oxygens (including phenoxy) is 1. The van der Waals surface area contributed by atoms with Crippen molar-refractivity contribution < 1.29 is 19.7 Å². The molecule has 6 heteroatoms. The van der Waals surface area contributed by atoms with Crippen LogP contribution in [0, 0.1) is 6.92 Å². The first-order chi connectivity index (χ1) is 16.0. The van der Waals surface area contributed by atoms with Gasteiger partial charge in [-0.25, -0.2) is 0 Å². The van der Waals surface area contributed by atoms with Crippen LogP contribution < -0.4 is 4.74 Å². The van der Waals surface area contributed by atoms with Crippen LogP contribution in [0.5, 0.6) is 11.5 Å². The van der Waals surface area contributed by atoms with E-state index in [0.29, 0.717) is 37.5 Å². The third-order valence-corrected chi connectivity index (χ3v) is 7.01. The fourth-order valence-corrected chi connectivity index (χ4v) is 5.46. The molecule has 0 fully saturated rings. The zero-order valence-electron chi connectivity index (χ0n) is 20.0. The van der Waals surface area contributed by atoms with Gasteiger partial charge < -0.3 is 14.9 Å². The SMILES string of the molecule is Cc1cc(C(O)c2cccc(C(C)C)c2)c(Oc2c(Br)cc(CC(=O)O)cc2Br)cc1C(C)C. The zero-order valence-corrected chi connectivity index (χ0v) is 23.2. The van der Waals surface area contributed by atoms with Crippen molar-refractivity contribution in [1.82, 2.24) is 0 Å². The smallest absolute Gasteiger partial charge is 0.307 e. The van der Waals surface area contributed by atoms with E-state index in [1.807, 2.05) is 37.3 Å². The lowest BCUT2D eigenvalue weighted by Gasteiger charge is -2.22. The Labute approximate surface area is 218 Å². The summed E-state index contributed by atoms with van der Waals surface area (Å²) in [6, 6.07) is 15.5. The highest BCUT2D eigenvalue weighted by atomic mass is 79.9. The van der Waals surface area contributed by atoms with Crippen LogP contribution in [0.25, 0.3) is 0 Å². The van der Waals surface area contributed by atoms with E-state index in [-0.39, 0.29) is 12.3 Å². The van der Waals surface area contributed by atoms with Crippen molar-refractivity contribution in [2.75, 3.05) is 0 Å². The summed E-state index contributed by atoms with van der Waals surface area (Å²) in [5.41, 5.74) is 5.52. The summed E-state index contributed by atoms with van der Waals surface area (Å²) in [5, 5.41) is 20.6. The maximum absolute atomic E-state index is 11.4. The molecule has 3 aromatic carbocycles. The lowest BCUT2D eigenvalue weighted by Crippen LogP contribution is -2.06. The van der Waals surface area contributed by atoms with Crippen LogP contribution in [-0.4, -0.2) is 16.2 Å². The minimum Gasteiger partial charge on any atom is -0.481 e. The summed E-state index contributed by atoms with van der Waals surface area (Å²) < 4.78 is 7.66. The average molecular weight is 590 g/mol. The molecule has 0 bridgehead atoms. The third kappa shape index (κ3) is 6.09. The van der Waals surface area contributed by atoms with Crippen LogP contribution in [0.2, 0.25) is 0 Å². The first kappa shape index (κ1) is 26.5. The number of rotatable bonds is 8. The number of aliphatic hydroxyl groups is 1. The predicted molar refractivity (Wildman–Crippen MR) is 143 cm³/mol. The van der Waals surface area contributed by atoms with Gasteiger partial charge in [0.2, 0.25) is 0 Å². The number of aryl methyl sites for hydroxylation is 1. The normalized spacial score (nSPS) is 12.3. The molecular weight excluding hydrogens is 560 g/mol. The Morgan fingerprint density at radius 1 is 0.912 bits per heavy atom. The lowest BCUT2D eigenvalue weighted by atomic mass is 9.91. The second-order valence-corrected chi connectivity index (χ2v) is 10.9. The largest absolute Gasteiger partial charge is 0.481 e. The number of aliphatic hydroxyl groups excluding tert-OH is 1. The van der Waals surface area contributed by atoms with Crippen LogP contribution in [-0.2, 0) is 11.2 Å². The van der Waals surface area contributed by atoms with Gasteiger partial charge in [0.05, 0.1) is 15.4 Å². The number of carboxylic acids is 1. The van der Waals surface area contributed by atoms with Crippen molar-refractivity contribution >= 4 is 37.8 Å². The van der Waals surface area contributed by atoms with Crippen LogP contribution >= 0.6 is 31.9 Å². The maximum atomic E-state index is 11.4. The Hall–Kier alpha value is -2.15. The highest BCUT2D eigenvalue weighted by Crippen LogP contribution is 2.42. The molecule has 0 radical (unpaired) electrons. The summed E-state index contributed by atoms with van der Waals surface area (Å²) in [6.45, 7) is 10.6. The Morgan fingerprint density at radius 2 is 1.53 bits per heavy atom. The minimum absolute atomic E-state index is 0.0876. The molecule has 0 aliphatic carbocycles. The molecule has 3 rings (SSSR count). The van der Waals surface area contributed by atoms with Crippen molar-refractivity contribution in [1.29, 1.82) is 0 Å². The summed E-state index contributed by atoms with van der Waals surface area (Å²) >= 11 is 7.06. The van der Waals surface area contributed by atoms with Crippen molar-refractivity contribution in [3.8, 4) is 11.5 Å². The Morgan fingerprint density at radius 3 is 2.09 bits per heavy atom. The summed E-state index contributed by atoms with van der Waals surface area (Å²) in [5.74, 6) is 0.814. The Kier molecular flexibility index (Phi) is 8.61. The molecular formula is C28H30Br2O4. The van der Waals surface area contributed by atoms with E-state index >= 15 is 0 Å². The fraction of sp³-hybridized carbons (Fsp3) is 0.321. The van der Waals surface area contributed by atoms with Crippen LogP contribution in [0.1, 0.15) is 79.0 Å². The highest BCUT2D eigenvalue weighted by molar-refractivity contribution is 9.11. The topological polar surface area (TPSA) is 66.8 Å². The number of halogens is 2. The molecule has 0 saturated carbocycles. The van der Waals surface area contributed by atoms with Gasteiger partial charge in [-0.2, -0.15) is 0 Å². The van der Waals surface area contributed by atoms with Crippen LogP contribution in [0.4, 0.5) is 0 Å². The molecule has 0 heterocycles. The Balaban J connectivity index is 2.11. The molecule has 0 saturated heterocycles. The van der Waals surface area contributed by atoms with Crippen molar-refractivity contribution in [2.24, 2.45) is 0 Å². The summed E-state index contributed by atoms with van der Waals surface area (Å²) in [7, 11) is 0. The molecule has 180 valence electrons. The molecule has 0 aliphatic heterocycles. The highest BCUT2D eigenvalue weighted by Gasteiger charge is 2.22. The third-order valence-electron chi connectivity index (χ3n) is 5.83. The van der Waals surface area contributed by atoms with E-state index in [1.165, 1.54) is 0 Å². The number of benzene rings is 3. The van der Waals surface area contributed by atoms with Gasteiger partial charge in [0.15, 0.2) is 5.75 Å². The van der Waals surface area contributed by atoms with E-state index in [2.05, 4.69) is 65.6 Å². The first-order valence-corrected chi connectivity index (χ1v) is 12.9. The number of hydrogen-bond donors (Lipinski definition) is 2. The summed E-state index contributed by atoms with van der Waals surface area (Å²) in [6.07, 6.45) is -0.951. The number of carbonyl (C=O) groups is 1. The van der Waals surface area contributed by atoms with Gasteiger partial charge in [0.25, 0.3) is 0 Å². The van der Waals surface area contributed by atoms with Crippen LogP contribution in [0.3, 0.4) is 0 Å². The number of hydrogen-bond acceptors (Lipinski definition) is 3. The molecule has 0 aliphatic rings. The lowest BCUT2D eigenvalue weighted by molar-refractivity contribution is -0.136. The second-order valence-electron chi connectivity index (χ2n) is 9.19. The molecule has 0 aromatic heterocycles. The van der Waals surface area contributed by atoms with E-state index in [9.17, 15) is 9.90 Å². The average Bonchev–Trinajstić information content (AvgIpc) is 2.75. The molecule has 1 atom stereocenters. The quantitative estimate of drug-likeness (QED) is 0.277. The molecule has 0 spiro atoms. The summed E-state index contributed by atoms with van der Waals surface area (Å²) in [4.78, 5) is 11.1. The van der Waals surface area contributed by atoms with E-state index in [0.717, 1.165) is 22.3 Å². The Bertz CT molecular complexity index is 1180. The zero-order chi connectivity index (χ0) is 25.2. The van der Waals surface area contributed by atoms with Gasteiger partial charge in [-0.05, 0) is 103 Å². The fourth-order valence-electron chi connectivity index (χ4n) is 4.01. The minimum atomic E-state index is -0.901. The van der Waals surface area contributed by atoms with Gasteiger partial charge in [0, 0.05) is 5.56 Å². The molecule has 3 aromatic rings. The van der Waals surface area contributed by atoms with Gasteiger partial charge in [-0.15, -0.1) is 0 Å². The van der Waals surface area contributed by atoms with Gasteiger partial charge in [0.1, 0.15) is 11.9 Å². The molecule has 4 nitrogen and oxygen atoms in total. The van der Waals surface area contributed by atoms with E-state index in [4.69, 9.17) is 9.84 Å². The van der Waals surface area contributed by atoms with Crippen LogP contribution in [0.15, 0.2) is 57.5 Å². The molecule has 34 heavy (non-hydrogen) atoms. The number of aliphatic carboxylic acids is 1. The number of carboxylic acid groups (broad SMARTS) is 1. The van der Waals surface area contributed by atoms with Gasteiger partial charge in [-0.3, -0.25) is 4.79 Å². The predicted octanol–water partition coefficient (Wildman–Crippen LogP) is 8.27. The van der Waals surface area contributed by atoms with E-state index in [1.54, 1.807) is 12.1 Å². The molecule has 2 N–H and O–H groups in total. The van der Waals surface area contributed by atoms with E-state index < -0.39 is 12.1 Å². The van der Waals surface area contributed by atoms with Gasteiger partial charge in [-0.1, -0.05) is 52.0 Å². The standard InChI is InChI=1S/C28H30Br2O4/c1-15(2)19-7-6-8-20(13-19)27(33)22-9-17(5)21(16(3)4)14-25(22)34-28-23(29)10-18(11-24(28)30)12-26(31)32/h6-11,13-16,27,33H,12H2,1-5H3,(H,31,32). The maximum Gasteiger partial charge on any atom is 0.307 e. The van der Waals surface area contributed by atoms with Gasteiger partial charge >= 0.3 is 5.97 Å². The molecule has 0 amide bonds. The molecule has 1 unspecified atom stereocenters. The van der Waals surface area contributed by atoms with Crippen molar-refractivity contribution in [3.63, 3.8) is 0 Å². The first-order valence-electron chi connectivity index (χ1n) is 11.3. The monoisotopic (exact) mass is 588 g/mol. The van der Waals surface area contributed by atoms with Crippen molar-refractivity contribution in [3.05, 3.63) is 90.9 Å². The second kappa shape index (κ2) is 11.1.